The van der Waals surface area contributed by atoms with Crippen LogP contribution in [0.4, 0.5) is 0 Å². The molecule has 112 valence electrons. The average Bonchev–Trinajstić information content (AvgIpc) is 2.38. The van der Waals surface area contributed by atoms with E-state index in [0.29, 0.717) is 5.75 Å². The van der Waals surface area contributed by atoms with E-state index >= 15 is 0 Å². The maximum absolute atomic E-state index is 11.7. The van der Waals surface area contributed by atoms with Crippen LogP contribution < -0.4 is 17.1 Å². The molecule has 1 heterocycles. The highest BCUT2D eigenvalue weighted by Crippen LogP contribution is 2.13. The Bertz CT molecular complexity index is 422. The highest BCUT2D eigenvalue weighted by Gasteiger charge is 2.20. The van der Waals surface area contributed by atoms with Gasteiger partial charge in [0.1, 0.15) is 11.9 Å². The van der Waals surface area contributed by atoms with Crippen molar-refractivity contribution < 1.29 is 26.7 Å². The van der Waals surface area contributed by atoms with Gasteiger partial charge in [-0.2, -0.15) is 0 Å². The highest BCUT2D eigenvalue weighted by molar-refractivity contribution is 5.71. The number of carbonyl (C=O) groups is 1. The topological polar surface area (TPSA) is 38.8 Å². The minimum atomic E-state index is -0.291. The molecule has 0 spiro atoms. The van der Waals surface area contributed by atoms with Gasteiger partial charge >= 0.3 is 5.97 Å². The third-order valence-corrected chi connectivity index (χ3v) is 3.26. The maximum atomic E-state index is 11.7. The van der Waals surface area contributed by atoms with Gasteiger partial charge in [-0.25, -0.2) is 4.79 Å². The number of ether oxygens (including phenoxy) is 2. The lowest BCUT2D eigenvalue weighted by atomic mass is 10.1. The number of carbonyl (C=O) groups excluding carboxylic acids is 1. The van der Waals surface area contributed by atoms with Crippen LogP contribution in [-0.2, 0) is 9.53 Å². The van der Waals surface area contributed by atoms with Crippen LogP contribution in [0.1, 0.15) is 18.4 Å². The number of benzene rings is 1. The van der Waals surface area contributed by atoms with E-state index < -0.39 is 0 Å². The molecule has 1 aliphatic rings. The van der Waals surface area contributed by atoms with E-state index in [0.717, 1.165) is 25.9 Å². The predicted octanol–water partition coefficient (Wildman–Crippen LogP) is -0.985. The summed E-state index contributed by atoms with van der Waals surface area (Å²) in [5.74, 6) is 0.407. The number of hydrogen-bond acceptors (Lipinski definition) is 4. The second-order valence-corrected chi connectivity index (χ2v) is 5.12. The summed E-state index contributed by atoms with van der Waals surface area (Å²) in [6.45, 7) is 3.88. The summed E-state index contributed by atoms with van der Waals surface area (Å²) in [6.07, 6.45) is 2.03. The monoisotopic (exact) mass is 298 g/mol. The quantitative estimate of drug-likeness (QED) is 0.670. The Morgan fingerprint density at radius 2 is 2.05 bits per heavy atom. The molecule has 0 aliphatic carbocycles. The second kappa shape index (κ2) is 8.12. The summed E-state index contributed by atoms with van der Waals surface area (Å²) in [6, 6.07) is 7.63. The van der Waals surface area contributed by atoms with Gasteiger partial charge in [0.15, 0.2) is 6.61 Å². The van der Waals surface area contributed by atoms with Crippen LogP contribution in [0.3, 0.4) is 0 Å². The summed E-state index contributed by atoms with van der Waals surface area (Å²) < 4.78 is 10.8. The molecule has 0 saturated carbocycles. The molecule has 2 rings (SSSR count). The molecule has 20 heavy (non-hydrogen) atoms. The standard InChI is InChI=1S/C15H21NO3.ClH/c1-12-5-7-13(8-6-12)18-11-15(17)19-14-4-3-9-16(2)10-14;/h5-8,14H,3-4,9-11H2,1-2H3;1H/p-1. The molecule has 0 N–H and O–H groups in total. The molecule has 0 bridgehead atoms. The molecule has 5 heteroatoms. The van der Waals surface area contributed by atoms with Crippen molar-refractivity contribution >= 4 is 5.97 Å². The fourth-order valence-electron chi connectivity index (χ4n) is 2.21. The Hall–Kier alpha value is -1.26. The lowest BCUT2D eigenvalue weighted by molar-refractivity contribution is -0.153. The molecule has 1 saturated heterocycles. The number of likely N-dealkylation sites (N-methyl/N-ethyl adjacent to an activating group) is 1. The molecule has 1 fully saturated rings. The molecule has 0 radical (unpaired) electrons. The fraction of sp³-hybridized carbons (Fsp3) is 0.533. The number of likely N-dealkylation sites (tertiary alicyclic amines) is 1. The normalized spacial score (nSPS) is 19.0. The van der Waals surface area contributed by atoms with Crippen molar-refractivity contribution in [3.63, 3.8) is 0 Å². The minimum Gasteiger partial charge on any atom is -1.00 e. The third-order valence-electron chi connectivity index (χ3n) is 3.26. The van der Waals surface area contributed by atoms with Gasteiger partial charge in [-0.3, -0.25) is 0 Å². The average molecular weight is 299 g/mol. The van der Waals surface area contributed by atoms with E-state index in [2.05, 4.69) is 4.90 Å². The molecule has 1 aromatic carbocycles. The van der Waals surface area contributed by atoms with E-state index in [1.807, 2.05) is 38.2 Å². The molecule has 1 atom stereocenters. The third kappa shape index (κ3) is 5.39. The molecule has 4 nitrogen and oxygen atoms in total. The lowest BCUT2D eigenvalue weighted by Gasteiger charge is -2.29. The summed E-state index contributed by atoms with van der Waals surface area (Å²) in [4.78, 5) is 13.9. The summed E-state index contributed by atoms with van der Waals surface area (Å²) in [5, 5.41) is 0. The van der Waals surface area contributed by atoms with Crippen LogP contribution >= 0.6 is 0 Å². The van der Waals surface area contributed by atoms with Crippen LogP contribution in [0.25, 0.3) is 0 Å². The van der Waals surface area contributed by atoms with Gasteiger partial charge in [0, 0.05) is 6.54 Å². The Kier molecular flexibility index (Phi) is 6.82. The van der Waals surface area contributed by atoms with Crippen LogP contribution in [0.2, 0.25) is 0 Å². The molecule has 1 aromatic rings. The van der Waals surface area contributed by atoms with Crippen molar-refractivity contribution in [3.05, 3.63) is 29.8 Å². The number of piperidine rings is 1. The van der Waals surface area contributed by atoms with E-state index in [4.69, 9.17) is 9.47 Å². The summed E-state index contributed by atoms with van der Waals surface area (Å²) in [7, 11) is 2.04. The van der Waals surface area contributed by atoms with Crippen molar-refractivity contribution in [2.45, 2.75) is 25.9 Å². The van der Waals surface area contributed by atoms with Crippen molar-refractivity contribution in [2.24, 2.45) is 0 Å². The molecular weight excluding hydrogens is 278 g/mol. The largest absolute Gasteiger partial charge is 1.00 e. The number of halogens is 1. The van der Waals surface area contributed by atoms with Crippen molar-refractivity contribution in [3.8, 4) is 5.75 Å². The minimum absolute atomic E-state index is 0. The molecular formula is C15H21ClNO3-. The second-order valence-electron chi connectivity index (χ2n) is 5.12. The lowest BCUT2D eigenvalue weighted by Crippen LogP contribution is -3.00. The summed E-state index contributed by atoms with van der Waals surface area (Å²) in [5.41, 5.74) is 1.17. The van der Waals surface area contributed by atoms with Gasteiger partial charge in [0.25, 0.3) is 0 Å². The van der Waals surface area contributed by atoms with E-state index in [9.17, 15) is 4.79 Å². The van der Waals surface area contributed by atoms with Crippen molar-refractivity contribution in [1.29, 1.82) is 0 Å². The first-order valence-electron chi connectivity index (χ1n) is 6.71. The van der Waals surface area contributed by atoms with Crippen LogP contribution in [0, 0.1) is 6.92 Å². The number of rotatable bonds is 4. The molecule has 1 unspecified atom stereocenters. The van der Waals surface area contributed by atoms with E-state index in [1.54, 1.807) is 0 Å². The van der Waals surface area contributed by atoms with Crippen LogP contribution in [0.15, 0.2) is 24.3 Å². The highest BCUT2D eigenvalue weighted by atomic mass is 35.5. The van der Waals surface area contributed by atoms with Crippen LogP contribution in [-0.4, -0.2) is 43.7 Å². The maximum Gasteiger partial charge on any atom is 0.344 e. The number of esters is 1. The van der Waals surface area contributed by atoms with Gasteiger partial charge in [-0.15, -0.1) is 0 Å². The summed E-state index contributed by atoms with van der Waals surface area (Å²) >= 11 is 0. The number of aryl methyl sites for hydroxylation is 1. The smallest absolute Gasteiger partial charge is 0.344 e. The fourth-order valence-corrected chi connectivity index (χ4v) is 2.21. The van der Waals surface area contributed by atoms with Gasteiger partial charge in [0.05, 0.1) is 0 Å². The van der Waals surface area contributed by atoms with E-state index in [-0.39, 0.29) is 31.1 Å². The van der Waals surface area contributed by atoms with Gasteiger partial charge in [-0.1, -0.05) is 17.7 Å². The SMILES string of the molecule is Cc1ccc(OCC(=O)OC2CCCN(C)C2)cc1.[Cl-]. The van der Waals surface area contributed by atoms with Gasteiger partial charge in [0.2, 0.25) is 0 Å². The number of hydrogen-bond donors (Lipinski definition) is 0. The Balaban J connectivity index is 0.00000200. The Morgan fingerprint density at radius 1 is 1.35 bits per heavy atom. The number of nitrogens with zero attached hydrogens (tertiary/aromatic N) is 1. The van der Waals surface area contributed by atoms with Gasteiger partial charge in [-0.05, 0) is 45.5 Å². The van der Waals surface area contributed by atoms with Gasteiger partial charge < -0.3 is 26.8 Å². The first kappa shape index (κ1) is 16.8. The Labute approximate surface area is 126 Å². The zero-order valence-corrected chi connectivity index (χ0v) is 12.7. The zero-order chi connectivity index (χ0) is 13.7. The van der Waals surface area contributed by atoms with Crippen molar-refractivity contribution in [1.82, 2.24) is 4.90 Å². The Morgan fingerprint density at radius 3 is 2.70 bits per heavy atom. The van der Waals surface area contributed by atoms with Crippen LogP contribution in [0.5, 0.6) is 5.75 Å². The van der Waals surface area contributed by atoms with Crippen molar-refractivity contribution in [2.75, 3.05) is 26.7 Å². The molecule has 1 aliphatic heterocycles. The molecule has 0 aromatic heterocycles. The zero-order valence-electron chi connectivity index (χ0n) is 12.0. The first-order valence-corrected chi connectivity index (χ1v) is 6.71. The molecule has 0 amide bonds. The first-order chi connectivity index (χ1) is 9.13. The van der Waals surface area contributed by atoms with E-state index in [1.165, 1.54) is 5.56 Å². The predicted molar refractivity (Wildman–Crippen MR) is 73.3 cm³/mol.